The average Bonchev–Trinajstić information content (AvgIpc) is 2.68. The molecular weight excluding hydrogens is 204 g/mol. The lowest BCUT2D eigenvalue weighted by molar-refractivity contribution is 0.0680. The van der Waals surface area contributed by atoms with Gasteiger partial charge in [0, 0.05) is 5.92 Å². The second-order valence-corrected chi connectivity index (χ2v) is 4.37. The van der Waals surface area contributed by atoms with Gasteiger partial charge in [0.2, 0.25) is 5.89 Å². The van der Waals surface area contributed by atoms with E-state index in [2.05, 4.69) is 10.1 Å². The minimum absolute atomic E-state index is 0.238. The number of rotatable bonds is 2. The molecule has 1 aromatic rings. The Kier molecular flexibility index (Phi) is 2.72. The molecule has 1 N–H and O–H groups in total. The lowest BCUT2D eigenvalue weighted by Crippen LogP contribution is -2.08. The maximum absolute atomic E-state index is 10.5. The van der Waals surface area contributed by atoms with E-state index in [1.807, 2.05) is 11.8 Å². The molecule has 76 valence electrons. The van der Waals surface area contributed by atoms with Crippen LogP contribution < -0.4 is 0 Å². The maximum atomic E-state index is 10.5. The van der Waals surface area contributed by atoms with Crippen LogP contribution in [0.15, 0.2) is 4.52 Å². The van der Waals surface area contributed by atoms with Gasteiger partial charge in [-0.3, -0.25) is 0 Å². The molecular formula is C8H10N2O3S. The highest BCUT2D eigenvalue weighted by molar-refractivity contribution is 7.99. The molecule has 0 spiro atoms. The summed E-state index contributed by atoms with van der Waals surface area (Å²) < 4.78 is 4.91. The lowest BCUT2D eigenvalue weighted by Gasteiger charge is -2.16. The first kappa shape index (κ1) is 9.51. The van der Waals surface area contributed by atoms with Gasteiger partial charge in [0.05, 0.1) is 0 Å². The smallest absolute Gasteiger partial charge is 0.377 e. The fraction of sp³-hybridized carbons (Fsp3) is 0.625. The van der Waals surface area contributed by atoms with Crippen molar-refractivity contribution in [2.75, 3.05) is 11.5 Å². The van der Waals surface area contributed by atoms with Crippen LogP contribution in [0.25, 0.3) is 0 Å². The van der Waals surface area contributed by atoms with E-state index >= 15 is 0 Å². The van der Waals surface area contributed by atoms with Crippen LogP contribution in [0.5, 0.6) is 0 Å². The van der Waals surface area contributed by atoms with Gasteiger partial charge in [0.15, 0.2) is 0 Å². The summed E-state index contributed by atoms with van der Waals surface area (Å²) in [5.41, 5.74) is 0. The van der Waals surface area contributed by atoms with Crippen LogP contribution >= 0.6 is 11.8 Å². The fourth-order valence-electron chi connectivity index (χ4n) is 1.43. The minimum atomic E-state index is -1.13. The first-order valence-electron chi connectivity index (χ1n) is 4.42. The molecule has 0 atom stereocenters. The molecule has 1 aliphatic rings. The number of hydrogen-bond acceptors (Lipinski definition) is 5. The molecule has 5 nitrogen and oxygen atoms in total. The van der Waals surface area contributed by atoms with Crippen molar-refractivity contribution >= 4 is 17.7 Å². The SMILES string of the molecule is O=C(O)c1noc(C2CCSCC2)n1. The average molecular weight is 214 g/mol. The summed E-state index contributed by atoms with van der Waals surface area (Å²) in [7, 11) is 0. The molecule has 1 aromatic heterocycles. The summed E-state index contributed by atoms with van der Waals surface area (Å²) in [5, 5.41) is 12.0. The standard InChI is InChI=1S/C8H10N2O3S/c11-8(12)6-9-7(13-10-6)5-1-3-14-4-2-5/h5H,1-4H2,(H,11,12). The van der Waals surface area contributed by atoms with Crippen molar-refractivity contribution in [2.24, 2.45) is 0 Å². The summed E-state index contributed by atoms with van der Waals surface area (Å²) in [5.74, 6) is 1.51. The number of nitrogens with zero attached hydrogens (tertiary/aromatic N) is 2. The Morgan fingerprint density at radius 1 is 1.50 bits per heavy atom. The van der Waals surface area contributed by atoms with Crippen LogP contribution in [0, 0.1) is 0 Å². The molecule has 14 heavy (non-hydrogen) atoms. The first-order chi connectivity index (χ1) is 6.77. The Balaban J connectivity index is 2.11. The van der Waals surface area contributed by atoms with Crippen LogP contribution in [-0.2, 0) is 0 Å². The maximum Gasteiger partial charge on any atom is 0.377 e. The van der Waals surface area contributed by atoms with Gasteiger partial charge < -0.3 is 9.63 Å². The summed E-state index contributed by atoms with van der Waals surface area (Å²) in [6.45, 7) is 0. The Labute approximate surface area is 84.9 Å². The Morgan fingerprint density at radius 3 is 2.79 bits per heavy atom. The highest BCUT2D eigenvalue weighted by atomic mass is 32.2. The normalized spacial score (nSPS) is 18.3. The third-order valence-electron chi connectivity index (χ3n) is 2.20. The van der Waals surface area contributed by atoms with Crippen molar-refractivity contribution in [2.45, 2.75) is 18.8 Å². The molecule has 2 heterocycles. The number of carbonyl (C=O) groups is 1. The van der Waals surface area contributed by atoms with Gasteiger partial charge >= 0.3 is 5.97 Å². The Hall–Kier alpha value is -1.04. The van der Waals surface area contributed by atoms with Crippen molar-refractivity contribution in [3.8, 4) is 0 Å². The highest BCUT2D eigenvalue weighted by Crippen LogP contribution is 2.30. The van der Waals surface area contributed by atoms with Gasteiger partial charge in [-0.05, 0) is 29.5 Å². The van der Waals surface area contributed by atoms with E-state index in [-0.39, 0.29) is 11.7 Å². The predicted molar refractivity (Wildman–Crippen MR) is 50.6 cm³/mol. The van der Waals surface area contributed by atoms with Crippen LogP contribution in [0.2, 0.25) is 0 Å². The minimum Gasteiger partial charge on any atom is -0.475 e. The van der Waals surface area contributed by atoms with Crippen molar-refractivity contribution in [3.05, 3.63) is 11.7 Å². The molecule has 0 radical (unpaired) electrons. The number of aromatic carboxylic acids is 1. The summed E-state index contributed by atoms with van der Waals surface area (Å²) in [4.78, 5) is 14.4. The van der Waals surface area contributed by atoms with Gasteiger partial charge in [-0.2, -0.15) is 16.7 Å². The largest absolute Gasteiger partial charge is 0.475 e. The molecule has 0 aromatic carbocycles. The molecule has 6 heteroatoms. The van der Waals surface area contributed by atoms with E-state index in [0.29, 0.717) is 5.89 Å². The second-order valence-electron chi connectivity index (χ2n) is 3.15. The Bertz CT molecular complexity index is 333. The van der Waals surface area contributed by atoms with Crippen molar-refractivity contribution in [1.82, 2.24) is 10.1 Å². The van der Waals surface area contributed by atoms with E-state index in [9.17, 15) is 4.79 Å². The fourth-order valence-corrected chi connectivity index (χ4v) is 2.54. The summed E-state index contributed by atoms with van der Waals surface area (Å²) in [6.07, 6.45) is 1.98. The number of hydrogen-bond donors (Lipinski definition) is 1. The number of aromatic nitrogens is 2. The molecule has 0 amide bonds. The zero-order valence-corrected chi connectivity index (χ0v) is 8.29. The Morgan fingerprint density at radius 2 is 2.21 bits per heavy atom. The van der Waals surface area contributed by atoms with Crippen molar-refractivity contribution in [3.63, 3.8) is 0 Å². The number of thioether (sulfide) groups is 1. The van der Waals surface area contributed by atoms with Gasteiger partial charge in [-0.15, -0.1) is 0 Å². The zero-order valence-electron chi connectivity index (χ0n) is 7.47. The third kappa shape index (κ3) is 1.89. The highest BCUT2D eigenvalue weighted by Gasteiger charge is 2.23. The van der Waals surface area contributed by atoms with E-state index < -0.39 is 5.97 Å². The van der Waals surface area contributed by atoms with Crippen molar-refractivity contribution in [1.29, 1.82) is 0 Å². The number of carboxylic acids is 1. The molecule has 2 rings (SSSR count). The monoisotopic (exact) mass is 214 g/mol. The van der Waals surface area contributed by atoms with Gasteiger partial charge in [0.25, 0.3) is 5.82 Å². The van der Waals surface area contributed by atoms with Crippen LogP contribution in [0.1, 0.15) is 35.3 Å². The first-order valence-corrected chi connectivity index (χ1v) is 5.57. The summed E-state index contributed by atoms with van der Waals surface area (Å²) >= 11 is 1.90. The van der Waals surface area contributed by atoms with Gasteiger partial charge in [-0.1, -0.05) is 0 Å². The third-order valence-corrected chi connectivity index (χ3v) is 3.25. The summed E-state index contributed by atoms with van der Waals surface area (Å²) in [6, 6.07) is 0. The molecule has 1 aliphatic heterocycles. The second kappa shape index (κ2) is 4.00. The molecule has 0 bridgehead atoms. The van der Waals surface area contributed by atoms with Crippen LogP contribution in [0.4, 0.5) is 0 Å². The molecule has 0 saturated carbocycles. The van der Waals surface area contributed by atoms with E-state index in [1.54, 1.807) is 0 Å². The molecule has 0 aliphatic carbocycles. The van der Waals surface area contributed by atoms with Gasteiger partial charge in [0.1, 0.15) is 0 Å². The van der Waals surface area contributed by atoms with Crippen LogP contribution in [0.3, 0.4) is 0 Å². The zero-order chi connectivity index (χ0) is 9.97. The molecule has 1 fully saturated rings. The van der Waals surface area contributed by atoms with Crippen LogP contribution in [-0.4, -0.2) is 32.7 Å². The predicted octanol–water partition coefficient (Wildman–Crippen LogP) is 1.38. The van der Waals surface area contributed by atoms with Crippen molar-refractivity contribution < 1.29 is 14.4 Å². The van der Waals surface area contributed by atoms with E-state index in [1.165, 1.54) is 0 Å². The number of carboxylic acid groups (broad SMARTS) is 1. The van der Waals surface area contributed by atoms with E-state index in [4.69, 9.17) is 9.63 Å². The molecule has 0 unspecified atom stereocenters. The molecule has 1 saturated heterocycles. The van der Waals surface area contributed by atoms with Gasteiger partial charge in [-0.25, -0.2) is 4.79 Å². The van der Waals surface area contributed by atoms with E-state index in [0.717, 1.165) is 24.3 Å². The quantitative estimate of drug-likeness (QED) is 0.801. The lowest BCUT2D eigenvalue weighted by atomic mass is 10.0. The topological polar surface area (TPSA) is 76.2 Å².